The predicted molar refractivity (Wildman–Crippen MR) is 95.8 cm³/mol. The summed E-state index contributed by atoms with van der Waals surface area (Å²) in [7, 11) is -0.666. The third-order valence-corrected chi connectivity index (χ3v) is 4.37. The second-order valence-electron chi connectivity index (χ2n) is 4.98. The summed E-state index contributed by atoms with van der Waals surface area (Å²) < 4.78 is 43.1. The Bertz CT molecular complexity index is 848. The lowest BCUT2D eigenvalue weighted by atomic mass is 10.0. The molecule has 2 aromatic rings. The van der Waals surface area contributed by atoms with Crippen molar-refractivity contribution in [2.75, 3.05) is 27.3 Å². The Hall–Kier alpha value is -1.97. The minimum atomic E-state index is -3.61. The molecule has 0 fully saturated rings. The van der Waals surface area contributed by atoms with Crippen molar-refractivity contribution in [1.29, 1.82) is 0 Å². The van der Waals surface area contributed by atoms with Crippen LogP contribution in [0.3, 0.4) is 0 Å². The zero-order chi connectivity index (χ0) is 18.6. The number of phenolic OH excluding ortho intramolecular Hbond substituents is 1. The van der Waals surface area contributed by atoms with E-state index in [0.717, 1.165) is 6.26 Å². The Morgan fingerprint density at radius 3 is 2.32 bits per heavy atom. The molecule has 0 aliphatic heterocycles. The van der Waals surface area contributed by atoms with Gasteiger partial charge in [-0.25, -0.2) is 0 Å². The molecule has 0 spiro atoms. The highest BCUT2D eigenvalue weighted by Crippen LogP contribution is 2.47. The van der Waals surface area contributed by atoms with Gasteiger partial charge in [-0.1, -0.05) is 12.1 Å². The summed E-state index contributed by atoms with van der Waals surface area (Å²) in [5.74, 6) is 0.654. The first-order valence-electron chi connectivity index (χ1n) is 6.98. The maximum atomic E-state index is 11.2. The number of hydrogen-bond donors (Lipinski definition) is 1. The zero-order valence-electron chi connectivity index (χ0n) is 13.8. The molecule has 0 atom stereocenters. The predicted octanol–water partition coefficient (Wildman–Crippen LogP) is 3.15. The average Bonchev–Trinajstić information content (AvgIpc) is 2.55. The van der Waals surface area contributed by atoms with Crippen LogP contribution in [0.2, 0.25) is 0 Å². The van der Waals surface area contributed by atoms with Crippen LogP contribution in [0.5, 0.6) is 23.0 Å². The van der Waals surface area contributed by atoms with Gasteiger partial charge < -0.3 is 23.5 Å². The van der Waals surface area contributed by atoms with E-state index in [1.165, 1.54) is 26.4 Å². The molecule has 0 bridgehead atoms. The van der Waals surface area contributed by atoms with Gasteiger partial charge in [-0.15, -0.1) is 0 Å². The van der Waals surface area contributed by atoms with Gasteiger partial charge in [0, 0.05) is 12.7 Å². The van der Waals surface area contributed by atoms with Crippen LogP contribution in [0.15, 0.2) is 34.8 Å². The van der Waals surface area contributed by atoms with E-state index in [2.05, 4.69) is 15.9 Å². The van der Waals surface area contributed by atoms with Gasteiger partial charge in [0.1, 0.15) is 16.0 Å². The summed E-state index contributed by atoms with van der Waals surface area (Å²) in [6.07, 6.45) is 0.967. The van der Waals surface area contributed by atoms with E-state index in [4.69, 9.17) is 18.4 Å². The maximum absolute atomic E-state index is 11.2. The third kappa shape index (κ3) is 4.77. The third-order valence-electron chi connectivity index (χ3n) is 3.11. The van der Waals surface area contributed by atoms with Crippen molar-refractivity contribution >= 4 is 26.0 Å². The number of methoxy groups -OCH3 is 2. The fourth-order valence-corrected chi connectivity index (χ4v) is 3.01. The molecule has 0 saturated carbocycles. The van der Waals surface area contributed by atoms with Crippen LogP contribution >= 0.6 is 15.9 Å². The highest BCUT2D eigenvalue weighted by atomic mass is 79.9. The number of phenols is 1. The molecule has 0 aliphatic rings. The van der Waals surface area contributed by atoms with Gasteiger partial charge in [0.15, 0.2) is 18.3 Å². The Morgan fingerprint density at radius 1 is 1.16 bits per heavy atom. The summed E-state index contributed by atoms with van der Waals surface area (Å²) in [6, 6.07) is 7.97. The van der Waals surface area contributed by atoms with E-state index in [1.54, 1.807) is 18.2 Å². The fourth-order valence-electron chi connectivity index (χ4n) is 2.10. The second kappa shape index (κ2) is 7.94. The molecule has 0 aliphatic carbocycles. The molecular weight excluding hydrogens is 416 g/mol. The Labute approximate surface area is 154 Å². The lowest BCUT2D eigenvalue weighted by molar-refractivity contribution is 0.0495. The summed E-state index contributed by atoms with van der Waals surface area (Å²) in [6.45, 7) is -0.0609. The molecule has 9 heteroatoms. The highest BCUT2D eigenvalue weighted by molar-refractivity contribution is 9.10. The van der Waals surface area contributed by atoms with Crippen LogP contribution < -0.4 is 13.7 Å². The van der Waals surface area contributed by atoms with E-state index in [1.807, 2.05) is 0 Å². The summed E-state index contributed by atoms with van der Waals surface area (Å²) >= 11 is 3.25. The maximum Gasteiger partial charge on any atom is 0.306 e. The van der Waals surface area contributed by atoms with Gasteiger partial charge in [-0.2, -0.15) is 8.42 Å². The van der Waals surface area contributed by atoms with Crippen molar-refractivity contribution in [3.63, 3.8) is 0 Å². The molecule has 25 heavy (non-hydrogen) atoms. The van der Waals surface area contributed by atoms with Crippen molar-refractivity contribution in [3.8, 4) is 34.1 Å². The first-order valence-corrected chi connectivity index (χ1v) is 9.59. The standard InChI is InChI=1S/C16H17BrO7S/c1-21-9-23-16-12(8-13(22-2)14(17)15(16)18)10-4-6-11(7-5-10)24-25(3,19)20/h4-8,18H,9H2,1-3H3. The van der Waals surface area contributed by atoms with Gasteiger partial charge in [0.25, 0.3) is 0 Å². The molecule has 0 unspecified atom stereocenters. The highest BCUT2D eigenvalue weighted by Gasteiger charge is 2.19. The number of hydrogen-bond acceptors (Lipinski definition) is 7. The number of rotatable bonds is 7. The van der Waals surface area contributed by atoms with Crippen LogP contribution in [0, 0.1) is 0 Å². The number of halogens is 1. The molecule has 136 valence electrons. The molecule has 0 amide bonds. The topological polar surface area (TPSA) is 91.3 Å². The van der Waals surface area contributed by atoms with Crippen molar-refractivity contribution in [2.24, 2.45) is 0 Å². The van der Waals surface area contributed by atoms with Crippen molar-refractivity contribution < 1.29 is 31.9 Å². The molecule has 0 saturated heterocycles. The van der Waals surface area contributed by atoms with E-state index in [0.29, 0.717) is 21.3 Å². The second-order valence-corrected chi connectivity index (χ2v) is 7.35. The lowest BCUT2D eigenvalue weighted by Crippen LogP contribution is -2.05. The van der Waals surface area contributed by atoms with Crippen LogP contribution in [0.1, 0.15) is 0 Å². The first kappa shape index (κ1) is 19.4. The zero-order valence-corrected chi connectivity index (χ0v) is 16.2. The fraction of sp³-hybridized carbons (Fsp3) is 0.250. The first-order chi connectivity index (χ1) is 11.8. The van der Waals surface area contributed by atoms with Gasteiger partial charge in [-0.3, -0.25) is 0 Å². The van der Waals surface area contributed by atoms with Crippen molar-refractivity contribution in [3.05, 3.63) is 34.8 Å². The van der Waals surface area contributed by atoms with E-state index >= 15 is 0 Å². The minimum Gasteiger partial charge on any atom is -0.503 e. The lowest BCUT2D eigenvalue weighted by Gasteiger charge is -2.16. The summed E-state index contributed by atoms with van der Waals surface area (Å²) in [5.41, 5.74) is 1.20. The largest absolute Gasteiger partial charge is 0.503 e. The van der Waals surface area contributed by atoms with Gasteiger partial charge in [-0.05, 0) is 39.7 Å². The number of benzene rings is 2. The summed E-state index contributed by atoms with van der Waals surface area (Å²) in [5, 5.41) is 10.4. The van der Waals surface area contributed by atoms with Crippen molar-refractivity contribution in [2.45, 2.75) is 0 Å². The molecule has 0 heterocycles. The monoisotopic (exact) mass is 432 g/mol. The van der Waals surface area contributed by atoms with Crippen LogP contribution in [-0.2, 0) is 14.9 Å². The van der Waals surface area contributed by atoms with Crippen LogP contribution in [0.4, 0.5) is 0 Å². The molecule has 0 aromatic heterocycles. The molecule has 0 radical (unpaired) electrons. The minimum absolute atomic E-state index is 0.0609. The van der Waals surface area contributed by atoms with Crippen LogP contribution in [0.25, 0.3) is 11.1 Å². The Balaban J connectivity index is 2.50. The molecule has 2 aromatic carbocycles. The average molecular weight is 433 g/mol. The van der Waals surface area contributed by atoms with Crippen molar-refractivity contribution in [1.82, 2.24) is 0 Å². The Morgan fingerprint density at radius 2 is 1.80 bits per heavy atom. The molecular formula is C16H17BrO7S. The van der Waals surface area contributed by atoms with E-state index in [-0.39, 0.29) is 24.0 Å². The van der Waals surface area contributed by atoms with Crippen LogP contribution in [-0.4, -0.2) is 40.8 Å². The molecule has 1 N–H and O–H groups in total. The molecule has 2 rings (SSSR count). The van der Waals surface area contributed by atoms with Gasteiger partial charge in [0.05, 0.1) is 13.4 Å². The Kier molecular flexibility index (Phi) is 6.15. The quantitative estimate of drug-likeness (QED) is 0.530. The smallest absolute Gasteiger partial charge is 0.306 e. The van der Waals surface area contributed by atoms with Gasteiger partial charge in [0.2, 0.25) is 0 Å². The van der Waals surface area contributed by atoms with E-state index < -0.39 is 10.1 Å². The SMILES string of the molecule is COCOc1c(-c2ccc(OS(C)(=O)=O)cc2)cc(OC)c(Br)c1O. The number of ether oxygens (including phenoxy) is 3. The van der Waals surface area contributed by atoms with Gasteiger partial charge >= 0.3 is 10.1 Å². The summed E-state index contributed by atoms with van der Waals surface area (Å²) in [4.78, 5) is 0. The number of aromatic hydroxyl groups is 1. The molecule has 7 nitrogen and oxygen atoms in total. The van der Waals surface area contributed by atoms with E-state index in [9.17, 15) is 13.5 Å². The normalized spacial score (nSPS) is 11.2.